The van der Waals surface area contributed by atoms with Gasteiger partial charge in [0.15, 0.2) is 21.9 Å². The predicted molar refractivity (Wildman–Crippen MR) is 80.2 cm³/mol. The predicted octanol–water partition coefficient (Wildman–Crippen LogP) is 2.97. The second-order valence-corrected chi connectivity index (χ2v) is 5.84. The van der Waals surface area contributed by atoms with Crippen LogP contribution in [0.2, 0.25) is 0 Å². The minimum atomic E-state index is -0.510. The first-order valence-corrected chi connectivity index (χ1v) is 7.57. The molecule has 3 aromatic heterocycles. The zero-order valence-corrected chi connectivity index (χ0v) is 13.2. The van der Waals surface area contributed by atoms with Crippen molar-refractivity contribution in [2.75, 3.05) is 7.11 Å². The van der Waals surface area contributed by atoms with Crippen molar-refractivity contribution >= 4 is 21.6 Å². The van der Waals surface area contributed by atoms with Crippen molar-refractivity contribution in [2.45, 2.75) is 18.8 Å². The van der Waals surface area contributed by atoms with Gasteiger partial charge in [-0.05, 0) is 28.8 Å². The van der Waals surface area contributed by atoms with Gasteiger partial charge in [-0.2, -0.15) is 5.10 Å². The first kappa shape index (κ1) is 13.6. The average Bonchev–Trinajstić information content (AvgIpc) is 3.29. The molecule has 0 N–H and O–H groups in total. The molecule has 0 aromatic carbocycles. The van der Waals surface area contributed by atoms with Crippen LogP contribution < -0.4 is 4.74 Å². The van der Waals surface area contributed by atoms with E-state index in [9.17, 15) is 4.39 Å². The van der Waals surface area contributed by atoms with Gasteiger partial charge in [0.2, 0.25) is 0 Å². The smallest absolute Gasteiger partial charge is 0.197 e. The minimum absolute atomic E-state index is 0.177. The monoisotopic (exact) mass is 363 g/mol. The van der Waals surface area contributed by atoms with Crippen LogP contribution in [0.3, 0.4) is 0 Å². The number of aromatic nitrogens is 5. The fourth-order valence-corrected chi connectivity index (χ4v) is 2.70. The second kappa shape index (κ2) is 4.98. The third-order valence-corrected chi connectivity index (χ3v) is 4.02. The van der Waals surface area contributed by atoms with Gasteiger partial charge in [0, 0.05) is 5.92 Å². The summed E-state index contributed by atoms with van der Waals surface area (Å²) in [5, 5.41) is 4.23. The van der Waals surface area contributed by atoms with E-state index in [1.807, 2.05) is 0 Å². The topological polar surface area (TPSA) is 65.2 Å². The van der Waals surface area contributed by atoms with E-state index < -0.39 is 5.82 Å². The third-order valence-electron chi connectivity index (χ3n) is 3.64. The van der Waals surface area contributed by atoms with Crippen LogP contribution >= 0.6 is 15.9 Å². The summed E-state index contributed by atoms with van der Waals surface area (Å²) >= 11 is 3.16. The summed E-state index contributed by atoms with van der Waals surface area (Å²) in [4.78, 5) is 12.5. The van der Waals surface area contributed by atoms with E-state index >= 15 is 0 Å². The summed E-state index contributed by atoms with van der Waals surface area (Å²) in [5.74, 6) is 0.599. The number of rotatable bonds is 3. The average molecular weight is 364 g/mol. The first-order chi connectivity index (χ1) is 10.7. The van der Waals surface area contributed by atoms with E-state index in [0.717, 1.165) is 24.7 Å². The van der Waals surface area contributed by atoms with Gasteiger partial charge < -0.3 is 4.74 Å². The van der Waals surface area contributed by atoms with Crippen LogP contribution in [0.5, 0.6) is 5.75 Å². The molecule has 1 fully saturated rings. The highest BCUT2D eigenvalue weighted by Gasteiger charge is 2.30. The molecule has 0 unspecified atom stereocenters. The van der Waals surface area contributed by atoms with E-state index in [1.165, 1.54) is 0 Å². The first-order valence-electron chi connectivity index (χ1n) is 6.78. The zero-order valence-electron chi connectivity index (χ0n) is 11.6. The Hall–Kier alpha value is -2.09. The van der Waals surface area contributed by atoms with Gasteiger partial charge in [0.25, 0.3) is 0 Å². The highest BCUT2D eigenvalue weighted by Crippen LogP contribution is 2.43. The van der Waals surface area contributed by atoms with Gasteiger partial charge in [-0.15, -0.1) is 0 Å². The molecule has 0 radical (unpaired) electrons. The summed E-state index contributed by atoms with van der Waals surface area (Å²) in [6.07, 6.45) is 6.64. The molecule has 1 aliphatic carbocycles. The standard InChI is InChI=1S/C14H11BrFN5O/c1-22-10-6-21-13(19-11(10)7-2-3-7)8(4-18-21)12-9(16)5-17-14(15)20-12/h4-7H,2-3H2,1H3. The molecule has 0 aliphatic heterocycles. The highest BCUT2D eigenvalue weighted by molar-refractivity contribution is 9.10. The lowest BCUT2D eigenvalue weighted by Gasteiger charge is -2.08. The van der Waals surface area contributed by atoms with Crippen molar-refractivity contribution in [1.82, 2.24) is 24.6 Å². The number of nitrogens with zero attached hydrogens (tertiary/aromatic N) is 5. The minimum Gasteiger partial charge on any atom is -0.493 e. The molecule has 112 valence electrons. The van der Waals surface area contributed by atoms with Crippen molar-refractivity contribution in [3.05, 3.63) is 34.8 Å². The number of halogens is 2. The van der Waals surface area contributed by atoms with Gasteiger partial charge in [0.05, 0.1) is 37.0 Å². The largest absolute Gasteiger partial charge is 0.493 e. The van der Waals surface area contributed by atoms with E-state index in [-0.39, 0.29) is 5.69 Å². The lowest BCUT2D eigenvalue weighted by molar-refractivity contribution is 0.403. The van der Waals surface area contributed by atoms with Gasteiger partial charge >= 0.3 is 0 Å². The number of ether oxygens (including phenoxy) is 1. The Morgan fingerprint density at radius 3 is 2.86 bits per heavy atom. The molecule has 4 rings (SSSR count). The fraction of sp³-hybridized carbons (Fsp3) is 0.286. The van der Waals surface area contributed by atoms with Crippen LogP contribution in [-0.4, -0.2) is 31.7 Å². The molecule has 8 heteroatoms. The zero-order chi connectivity index (χ0) is 15.3. The molecular weight excluding hydrogens is 353 g/mol. The van der Waals surface area contributed by atoms with Gasteiger partial charge in [-0.25, -0.2) is 23.9 Å². The normalized spacial score (nSPS) is 14.5. The Labute approximate surface area is 133 Å². The van der Waals surface area contributed by atoms with E-state index in [4.69, 9.17) is 4.74 Å². The van der Waals surface area contributed by atoms with Crippen LogP contribution in [-0.2, 0) is 0 Å². The van der Waals surface area contributed by atoms with Crippen molar-refractivity contribution in [1.29, 1.82) is 0 Å². The lowest BCUT2D eigenvalue weighted by atomic mass is 10.2. The SMILES string of the molecule is COc1cn2ncc(-c3nc(Br)ncc3F)c2nc1C1CC1. The molecular formula is C14H11BrFN5O. The molecule has 3 aromatic rings. The number of methoxy groups -OCH3 is 1. The van der Waals surface area contributed by atoms with Crippen LogP contribution in [0, 0.1) is 5.82 Å². The summed E-state index contributed by atoms with van der Waals surface area (Å²) in [5.41, 5.74) is 2.17. The van der Waals surface area contributed by atoms with Gasteiger partial charge in [0.1, 0.15) is 5.69 Å². The van der Waals surface area contributed by atoms with E-state index in [1.54, 1.807) is 24.0 Å². The molecule has 0 spiro atoms. The maximum atomic E-state index is 14.0. The molecule has 1 aliphatic rings. The van der Waals surface area contributed by atoms with E-state index in [0.29, 0.717) is 27.6 Å². The Balaban J connectivity index is 1.95. The summed E-state index contributed by atoms with van der Waals surface area (Å²) in [7, 11) is 1.61. The fourth-order valence-electron chi connectivity index (χ4n) is 2.42. The Kier molecular flexibility index (Phi) is 3.07. The number of fused-ring (bicyclic) bond motifs is 1. The lowest BCUT2D eigenvalue weighted by Crippen LogP contribution is -2.00. The number of hydrogen-bond acceptors (Lipinski definition) is 5. The van der Waals surface area contributed by atoms with Crippen LogP contribution in [0.25, 0.3) is 16.9 Å². The Morgan fingerprint density at radius 1 is 1.32 bits per heavy atom. The van der Waals surface area contributed by atoms with Crippen LogP contribution in [0.1, 0.15) is 24.5 Å². The molecule has 0 bridgehead atoms. The van der Waals surface area contributed by atoms with Crippen molar-refractivity contribution in [3.8, 4) is 17.0 Å². The Morgan fingerprint density at radius 2 is 2.14 bits per heavy atom. The summed E-state index contributed by atoms with van der Waals surface area (Å²) in [6.45, 7) is 0. The van der Waals surface area contributed by atoms with Gasteiger partial charge in [-0.3, -0.25) is 0 Å². The quantitative estimate of drug-likeness (QED) is 0.669. The van der Waals surface area contributed by atoms with Crippen LogP contribution in [0.15, 0.2) is 23.3 Å². The number of hydrogen-bond donors (Lipinski definition) is 0. The second-order valence-electron chi connectivity index (χ2n) is 5.13. The van der Waals surface area contributed by atoms with Gasteiger partial charge in [-0.1, -0.05) is 0 Å². The van der Waals surface area contributed by atoms with Crippen molar-refractivity contribution in [3.63, 3.8) is 0 Å². The highest BCUT2D eigenvalue weighted by atomic mass is 79.9. The molecule has 22 heavy (non-hydrogen) atoms. The molecule has 0 amide bonds. The summed E-state index contributed by atoms with van der Waals surface area (Å²) < 4.78 is 21.3. The molecule has 6 nitrogen and oxygen atoms in total. The molecule has 0 saturated heterocycles. The van der Waals surface area contributed by atoms with Crippen molar-refractivity contribution in [2.24, 2.45) is 0 Å². The maximum Gasteiger partial charge on any atom is 0.197 e. The van der Waals surface area contributed by atoms with Crippen molar-refractivity contribution < 1.29 is 9.13 Å². The summed E-state index contributed by atoms with van der Waals surface area (Å²) in [6, 6.07) is 0. The Bertz CT molecular complexity index is 877. The molecule has 3 heterocycles. The van der Waals surface area contributed by atoms with E-state index in [2.05, 4.69) is 36.0 Å². The van der Waals surface area contributed by atoms with Crippen LogP contribution in [0.4, 0.5) is 4.39 Å². The third kappa shape index (κ3) is 2.14. The molecule has 0 atom stereocenters. The molecule has 1 saturated carbocycles. The maximum absolute atomic E-state index is 14.0.